The van der Waals surface area contributed by atoms with Crippen LogP contribution in [0, 0.1) is 0 Å². The molecule has 0 radical (unpaired) electrons. The summed E-state index contributed by atoms with van der Waals surface area (Å²) in [7, 11) is -1.27. The van der Waals surface area contributed by atoms with Gasteiger partial charge >= 0.3 is 6.18 Å². The summed E-state index contributed by atoms with van der Waals surface area (Å²) < 4.78 is 59.0. The highest BCUT2D eigenvalue weighted by atomic mass is 35.5. The van der Waals surface area contributed by atoms with Crippen LogP contribution < -0.4 is 5.32 Å². The van der Waals surface area contributed by atoms with Crippen LogP contribution in [-0.2, 0) is 34.8 Å². The van der Waals surface area contributed by atoms with E-state index in [2.05, 4.69) is 15.1 Å². The second-order valence-electron chi connectivity index (χ2n) is 9.64. The molecular weight excluding hydrogens is 539 g/mol. The summed E-state index contributed by atoms with van der Waals surface area (Å²) in [5, 5.41) is 3.10. The topological polar surface area (TPSA) is 61.9 Å². The first kappa shape index (κ1) is 29.0. The van der Waals surface area contributed by atoms with Crippen molar-refractivity contribution in [2.24, 2.45) is 0 Å². The van der Waals surface area contributed by atoms with Gasteiger partial charge in [0.15, 0.2) is 0 Å². The molecule has 2 aliphatic rings. The SMILES string of the molecule is CCS(=O)c1ccc(Cl)cc1CNC(=O)c1cc(CN2CCN(C3CCOCC3)CC2)cc(C(F)(F)F)c1. The van der Waals surface area contributed by atoms with E-state index < -0.39 is 28.4 Å². The normalized spacial score (nSPS) is 18.9. The van der Waals surface area contributed by atoms with Gasteiger partial charge in [-0.1, -0.05) is 18.5 Å². The van der Waals surface area contributed by atoms with Crippen LogP contribution in [0.2, 0.25) is 5.02 Å². The van der Waals surface area contributed by atoms with E-state index >= 15 is 0 Å². The number of ether oxygens (including phenoxy) is 1. The van der Waals surface area contributed by atoms with Crippen molar-refractivity contribution in [2.45, 2.75) is 50.0 Å². The van der Waals surface area contributed by atoms with Gasteiger partial charge in [-0.05, 0) is 60.4 Å². The van der Waals surface area contributed by atoms with Crippen molar-refractivity contribution >= 4 is 28.3 Å². The number of hydrogen-bond acceptors (Lipinski definition) is 5. The molecule has 6 nitrogen and oxygen atoms in total. The van der Waals surface area contributed by atoms with Gasteiger partial charge in [-0.2, -0.15) is 13.2 Å². The lowest BCUT2D eigenvalue weighted by atomic mass is 10.0. The molecule has 0 aliphatic carbocycles. The third kappa shape index (κ3) is 7.57. The van der Waals surface area contributed by atoms with Gasteiger partial charge in [-0.25, -0.2) is 0 Å². The molecule has 1 N–H and O–H groups in total. The molecule has 11 heteroatoms. The lowest BCUT2D eigenvalue weighted by molar-refractivity contribution is -0.137. The van der Waals surface area contributed by atoms with Crippen molar-refractivity contribution in [1.82, 2.24) is 15.1 Å². The van der Waals surface area contributed by atoms with E-state index in [4.69, 9.17) is 16.3 Å². The number of alkyl halides is 3. The number of nitrogens with zero attached hydrogens (tertiary/aromatic N) is 2. The van der Waals surface area contributed by atoms with Crippen molar-refractivity contribution in [2.75, 3.05) is 45.1 Å². The molecule has 2 fully saturated rings. The molecule has 1 unspecified atom stereocenters. The third-order valence-corrected chi connectivity index (χ3v) is 8.72. The molecule has 0 aromatic heterocycles. The zero-order valence-corrected chi connectivity index (χ0v) is 22.9. The number of hydrogen-bond donors (Lipinski definition) is 1. The summed E-state index contributed by atoms with van der Waals surface area (Å²) in [5.74, 6) is -0.238. The minimum absolute atomic E-state index is 0.000210. The number of nitrogens with one attached hydrogen (secondary N) is 1. The average molecular weight is 572 g/mol. The van der Waals surface area contributed by atoms with Gasteiger partial charge in [0, 0.05) is 79.8 Å². The molecule has 2 saturated heterocycles. The first-order valence-electron chi connectivity index (χ1n) is 12.8. The molecule has 2 heterocycles. The largest absolute Gasteiger partial charge is 0.416 e. The lowest BCUT2D eigenvalue weighted by Crippen LogP contribution is -2.51. The summed E-state index contributed by atoms with van der Waals surface area (Å²) in [6, 6.07) is 8.92. The van der Waals surface area contributed by atoms with Crippen molar-refractivity contribution < 1.29 is 26.9 Å². The molecule has 2 aliphatic heterocycles. The summed E-state index contributed by atoms with van der Waals surface area (Å²) in [6.07, 6.45) is -2.56. The predicted octanol–water partition coefficient (Wildman–Crippen LogP) is 4.71. The maximum atomic E-state index is 13.7. The Balaban J connectivity index is 1.45. The van der Waals surface area contributed by atoms with Gasteiger partial charge < -0.3 is 10.1 Å². The Morgan fingerprint density at radius 1 is 1.11 bits per heavy atom. The van der Waals surface area contributed by atoms with Gasteiger partial charge in [-0.15, -0.1) is 0 Å². The number of amides is 1. The summed E-state index contributed by atoms with van der Waals surface area (Å²) in [6.45, 7) is 6.88. The van der Waals surface area contributed by atoms with Crippen molar-refractivity contribution in [3.8, 4) is 0 Å². The Hall–Kier alpha value is -1.98. The molecule has 38 heavy (non-hydrogen) atoms. The number of carbonyl (C=O) groups is 1. The quantitative estimate of drug-likeness (QED) is 0.497. The van der Waals surface area contributed by atoms with Crippen LogP contribution in [-0.4, -0.2) is 71.1 Å². The average Bonchev–Trinajstić information content (AvgIpc) is 2.91. The molecule has 0 saturated carbocycles. The van der Waals surface area contributed by atoms with Crippen LogP contribution in [0.25, 0.3) is 0 Å². The Kier molecular flexibility index (Phi) is 9.86. The van der Waals surface area contributed by atoms with Crippen LogP contribution in [0.1, 0.15) is 46.8 Å². The first-order valence-corrected chi connectivity index (χ1v) is 14.5. The van der Waals surface area contributed by atoms with E-state index in [9.17, 15) is 22.2 Å². The van der Waals surface area contributed by atoms with Crippen molar-refractivity contribution in [3.05, 3.63) is 63.7 Å². The van der Waals surface area contributed by atoms with E-state index in [-0.39, 0.29) is 12.1 Å². The Morgan fingerprint density at radius 2 is 1.82 bits per heavy atom. The minimum Gasteiger partial charge on any atom is -0.381 e. The Morgan fingerprint density at radius 3 is 2.47 bits per heavy atom. The van der Waals surface area contributed by atoms with E-state index in [0.29, 0.717) is 39.4 Å². The second kappa shape index (κ2) is 12.9. The highest BCUT2D eigenvalue weighted by Crippen LogP contribution is 2.31. The van der Waals surface area contributed by atoms with Crippen LogP contribution in [0.4, 0.5) is 13.2 Å². The number of halogens is 4. The fraction of sp³-hybridized carbons (Fsp3) is 0.519. The van der Waals surface area contributed by atoms with E-state index in [1.165, 1.54) is 6.07 Å². The van der Waals surface area contributed by atoms with Crippen molar-refractivity contribution in [1.29, 1.82) is 0 Å². The Bertz CT molecular complexity index is 1150. The smallest absolute Gasteiger partial charge is 0.381 e. The molecule has 2 aromatic carbocycles. The van der Waals surface area contributed by atoms with Gasteiger partial charge in [0.1, 0.15) is 0 Å². The standard InChI is InChI=1S/C27H33ClF3N3O3S/c1-2-38(36)25-4-3-23(28)16-21(25)17-32-26(35)20-13-19(14-22(15-20)27(29,30)31)18-33-7-9-34(10-8-33)24-5-11-37-12-6-24/h3-4,13-16,24H,2,5-12,17-18H2,1H3,(H,32,35). The third-order valence-electron chi connectivity index (χ3n) is 7.07. The molecule has 1 atom stereocenters. The number of carbonyl (C=O) groups excluding carboxylic acids is 1. The summed E-state index contributed by atoms with van der Waals surface area (Å²) >= 11 is 6.08. The van der Waals surface area contributed by atoms with Gasteiger partial charge in [0.25, 0.3) is 5.91 Å². The molecular formula is C27H33ClF3N3O3S. The maximum absolute atomic E-state index is 13.7. The maximum Gasteiger partial charge on any atom is 0.416 e. The molecule has 0 bridgehead atoms. The number of rotatable bonds is 8. The lowest BCUT2D eigenvalue weighted by Gasteiger charge is -2.40. The van der Waals surface area contributed by atoms with Gasteiger partial charge in [0.2, 0.25) is 0 Å². The van der Waals surface area contributed by atoms with Crippen LogP contribution >= 0.6 is 11.6 Å². The summed E-state index contributed by atoms with van der Waals surface area (Å²) in [4.78, 5) is 18.1. The summed E-state index contributed by atoms with van der Waals surface area (Å²) in [5.41, 5.74) is 0.105. The van der Waals surface area contributed by atoms with Crippen LogP contribution in [0.15, 0.2) is 41.3 Å². The molecule has 2 aromatic rings. The minimum atomic E-state index is -4.58. The fourth-order valence-corrected chi connectivity index (χ4v) is 6.16. The molecule has 208 valence electrons. The van der Waals surface area contributed by atoms with Crippen LogP contribution in [0.5, 0.6) is 0 Å². The predicted molar refractivity (Wildman–Crippen MR) is 142 cm³/mol. The van der Waals surface area contributed by atoms with Crippen LogP contribution in [0.3, 0.4) is 0 Å². The zero-order chi connectivity index (χ0) is 27.3. The highest BCUT2D eigenvalue weighted by molar-refractivity contribution is 7.85. The zero-order valence-electron chi connectivity index (χ0n) is 21.4. The molecule has 4 rings (SSSR count). The van der Waals surface area contributed by atoms with E-state index in [1.54, 1.807) is 25.1 Å². The first-order chi connectivity index (χ1) is 18.1. The highest BCUT2D eigenvalue weighted by Gasteiger charge is 2.32. The number of piperazine rings is 1. The van der Waals surface area contributed by atoms with Gasteiger partial charge in [-0.3, -0.25) is 18.8 Å². The van der Waals surface area contributed by atoms with E-state index in [0.717, 1.165) is 64.4 Å². The number of benzene rings is 2. The van der Waals surface area contributed by atoms with Crippen molar-refractivity contribution in [3.63, 3.8) is 0 Å². The molecule has 0 spiro atoms. The Labute approximate surface area is 228 Å². The molecule has 1 amide bonds. The second-order valence-corrected chi connectivity index (χ2v) is 11.8. The van der Waals surface area contributed by atoms with Gasteiger partial charge in [0.05, 0.1) is 16.4 Å². The fourth-order valence-electron chi connectivity index (χ4n) is 5.01. The monoisotopic (exact) mass is 571 g/mol. The van der Waals surface area contributed by atoms with E-state index in [1.807, 2.05) is 0 Å².